The molecule has 0 spiro atoms. The molecule has 6 rings (SSSR count). The zero-order valence-corrected chi connectivity index (χ0v) is 23.7. The predicted octanol–water partition coefficient (Wildman–Crippen LogP) is 3.11. The van der Waals surface area contributed by atoms with Gasteiger partial charge in [-0.15, -0.1) is 0 Å². The topological polar surface area (TPSA) is 60.4 Å². The molecule has 0 fully saturated rings. The molecule has 0 aliphatic rings. The second-order valence-electron chi connectivity index (χ2n) is 7.46. The molecule has 6 aromatic rings. The molecule has 0 amide bonds. The molecule has 0 bridgehead atoms. The fourth-order valence-electron chi connectivity index (χ4n) is 3.46. The average molecular weight is 594 g/mol. The van der Waals surface area contributed by atoms with Crippen LogP contribution in [0, 0.1) is 26.0 Å². The molecule has 0 N–H and O–H groups in total. The smallest absolute Gasteiger partial charge is 1.00 e. The third kappa shape index (κ3) is 6.69. The largest absolute Gasteiger partial charge is 2.00 e. The Kier molecular flexibility index (Phi) is 10.7. The molecule has 11 heteroatoms. The van der Waals surface area contributed by atoms with E-state index >= 15 is 0 Å². The summed E-state index contributed by atoms with van der Waals surface area (Å²) in [6, 6.07) is 12.5. The van der Waals surface area contributed by atoms with Crippen LogP contribution in [0.15, 0.2) is 85.7 Å². The third-order valence-corrected chi connectivity index (χ3v) is 5.43. The molecule has 0 aliphatic carbocycles. The first kappa shape index (κ1) is 30.3. The normalized spacial score (nSPS) is 10.1. The van der Waals surface area contributed by atoms with E-state index in [9.17, 15) is 8.78 Å². The van der Waals surface area contributed by atoms with E-state index in [1.807, 2.05) is 29.9 Å². The first-order valence-electron chi connectivity index (χ1n) is 10.3. The van der Waals surface area contributed by atoms with Gasteiger partial charge in [0, 0.05) is 48.3 Å². The molecule has 4 aromatic heterocycles. The molecule has 0 unspecified atom stereocenters. The van der Waals surface area contributed by atoms with E-state index in [4.69, 9.17) is 11.6 Å². The molecule has 0 radical (unpaired) electrons. The molecule has 6 nitrogen and oxygen atoms in total. The Hall–Kier alpha value is -2.92. The van der Waals surface area contributed by atoms with Crippen LogP contribution < -0.4 is 17.0 Å². The van der Waals surface area contributed by atoms with Crippen LogP contribution in [-0.4, -0.2) is 51.8 Å². The first-order valence-corrected chi connectivity index (χ1v) is 10.7. The number of halogens is 4. The predicted molar refractivity (Wildman–Crippen MR) is 139 cm³/mol. The van der Waals surface area contributed by atoms with Crippen LogP contribution in [0.25, 0.3) is 33.8 Å². The average Bonchev–Trinajstić information content (AvgIpc) is 3.47. The van der Waals surface area contributed by atoms with Crippen molar-refractivity contribution in [2.24, 2.45) is 0 Å². The summed E-state index contributed by atoms with van der Waals surface area (Å²) in [4.78, 5) is 17.0. The molecule has 0 aliphatic heterocycles. The number of aryl methyl sites for hydroxylation is 1. The Balaban J connectivity index is 0.000000241. The maximum atomic E-state index is 12.8. The van der Waals surface area contributed by atoms with E-state index in [2.05, 4.69) is 19.9 Å². The number of rotatable bonds is 2. The zero-order valence-electron chi connectivity index (χ0n) is 20.0. The standard InChI is InChI=1S/C13H10FN3.C12H7ClFN3.CH3.BrH.Mg/c1-9-13-16-12(8-17(13)7-6-15-9)10-2-4-11(14)5-3-10;13-11-12-16-10(7-17(12)6-5-15-11)8-1-3-9(14)4-2-8;;;/h2-8H,1H3;1-7H;1H3;1H;/q;;-1;;+2/p-1. The minimum Gasteiger partial charge on any atom is -1.00 e. The Morgan fingerprint density at radius 2 is 1.14 bits per heavy atom. The number of imidazole rings is 2. The summed E-state index contributed by atoms with van der Waals surface area (Å²) in [6.07, 6.45) is 10.7. The summed E-state index contributed by atoms with van der Waals surface area (Å²) in [5.74, 6) is -0.507. The van der Waals surface area contributed by atoms with Crippen LogP contribution in [-0.2, 0) is 0 Å². The number of hydrogen-bond acceptors (Lipinski definition) is 4. The summed E-state index contributed by atoms with van der Waals surface area (Å²) in [5.41, 5.74) is 5.59. The third-order valence-electron chi connectivity index (χ3n) is 5.16. The van der Waals surface area contributed by atoms with Gasteiger partial charge in [0.1, 0.15) is 11.6 Å². The molecule has 4 heterocycles. The van der Waals surface area contributed by atoms with Gasteiger partial charge in [-0.2, -0.15) is 0 Å². The SMILES string of the molecule is Cc1nccn2cc(-c3ccc(F)cc3)nc12.Fc1ccc(-c2cn3ccnc(Cl)c3n2)cc1.[Br-].[CH3-].[Mg+2]. The maximum absolute atomic E-state index is 12.8. The van der Waals surface area contributed by atoms with Gasteiger partial charge in [-0.3, -0.25) is 4.98 Å². The van der Waals surface area contributed by atoms with Gasteiger partial charge in [0.05, 0.1) is 17.1 Å². The van der Waals surface area contributed by atoms with Crippen molar-refractivity contribution >= 4 is 45.9 Å². The van der Waals surface area contributed by atoms with E-state index in [1.165, 1.54) is 24.3 Å². The minimum atomic E-state index is -0.266. The monoisotopic (exact) mass is 592 g/mol. The van der Waals surface area contributed by atoms with Crippen molar-refractivity contribution in [3.8, 4) is 22.5 Å². The Bertz CT molecular complexity index is 1480. The Morgan fingerprint density at radius 3 is 1.59 bits per heavy atom. The van der Waals surface area contributed by atoms with E-state index in [-0.39, 0.29) is 59.1 Å². The van der Waals surface area contributed by atoms with Gasteiger partial charge in [-0.25, -0.2) is 23.7 Å². The van der Waals surface area contributed by atoms with Crippen LogP contribution in [0.3, 0.4) is 0 Å². The zero-order chi connectivity index (χ0) is 23.7. The second-order valence-corrected chi connectivity index (χ2v) is 7.82. The molecular formula is C26H20BrClF2MgN6. The maximum Gasteiger partial charge on any atom is 2.00 e. The van der Waals surface area contributed by atoms with Crippen molar-refractivity contribution < 1.29 is 25.8 Å². The van der Waals surface area contributed by atoms with E-state index < -0.39 is 0 Å². The van der Waals surface area contributed by atoms with E-state index in [0.717, 1.165) is 33.9 Å². The summed E-state index contributed by atoms with van der Waals surface area (Å²) in [6.45, 7) is 1.91. The quantitative estimate of drug-likeness (QED) is 0.229. The molecule has 184 valence electrons. The number of hydrogen-bond donors (Lipinski definition) is 0. The number of aromatic nitrogens is 6. The molecule has 0 atom stereocenters. The Morgan fingerprint density at radius 1 is 0.703 bits per heavy atom. The van der Waals surface area contributed by atoms with E-state index in [1.54, 1.807) is 47.3 Å². The summed E-state index contributed by atoms with van der Waals surface area (Å²) in [7, 11) is 0. The fourth-order valence-corrected chi connectivity index (χ4v) is 3.65. The van der Waals surface area contributed by atoms with Crippen LogP contribution >= 0.6 is 11.6 Å². The summed E-state index contributed by atoms with van der Waals surface area (Å²) >= 11 is 5.93. The van der Waals surface area contributed by atoms with Crippen LogP contribution in [0.4, 0.5) is 8.78 Å². The number of nitrogens with zero attached hydrogens (tertiary/aromatic N) is 6. The molecule has 0 saturated carbocycles. The Labute approximate surface area is 244 Å². The van der Waals surface area contributed by atoms with Crippen molar-refractivity contribution in [1.29, 1.82) is 0 Å². The van der Waals surface area contributed by atoms with Gasteiger partial charge in [0.2, 0.25) is 0 Å². The molecule has 2 aromatic carbocycles. The fraction of sp³-hybridized carbons (Fsp3) is 0.0385. The van der Waals surface area contributed by atoms with Gasteiger partial charge in [0.15, 0.2) is 16.4 Å². The van der Waals surface area contributed by atoms with E-state index in [0.29, 0.717) is 10.8 Å². The first-order chi connectivity index (χ1) is 16.5. The van der Waals surface area contributed by atoms with Crippen molar-refractivity contribution in [1.82, 2.24) is 28.7 Å². The van der Waals surface area contributed by atoms with Crippen LogP contribution in [0.5, 0.6) is 0 Å². The molecular weight excluding hydrogens is 574 g/mol. The second kappa shape index (κ2) is 13.0. The van der Waals surface area contributed by atoms with Crippen molar-refractivity contribution in [2.75, 3.05) is 0 Å². The number of benzene rings is 2. The van der Waals surface area contributed by atoms with Crippen molar-refractivity contribution in [3.05, 3.63) is 116 Å². The van der Waals surface area contributed by atoms with Crippen LogP contribution in [0.1, 0.15) is 5.69 Å². The summed E-state index contributed by atoms with van der Waals surface area (Å²) in [5, 5.41) is 0.348. The van der Waals surface area contributed by atoms with Gasteiger partial charge >= 0.3 is 23.1 Å². The van der Waals surface area contributed by atoms with Gasteiger partial charge in [0.25, 0.3) is 0 Å². The van der Waals surface area contributed by atoms with Crippen molar-refractivity contribution in [3.63, 3.8) is 0 Å². The van der Waals surface area contributed by atoms with Crippen LogP contribution in [0.2, 0.25) is 5.15 Å². The summed E-state index contributed by atoms with van der Waals surface area (Å²) < 4.78 is 29.4. The van der Waals surface area contributed by atoms with Crippen molar-refractivity contribution in [2.45, 2.75) is 6.92 Å². The number of fused-ring (bicyclic) bond motifs is 2. The minimum absolute atomic E-state index is 0. The molecule has 37 heavy (non-hydrogen) atoms. The van der Waals surface area contributed by atoms with Gasteiger partial charge in [-0.1, -0.05) is 11.6 Å². The van der Waals surface area contributed by atoms with Gasteiger partial charge in [-0.05, 0) is 55.5 Å². The molecule has 0 saturated heterocycles. The van der Waals surface area contributed by atoms with Gasteiger partial charge < -0.3 is 33.2 Å².